The number of amides is 1. The molecule has 2 aromatic carbocycles. The van der Waals surface area contributed by atoms with Crippen molar-refractivity contribution in [3.63, 3.8) is 0 Å². The van der Waals surface area contributed by atoms with Crippen molar-refractivity contribution >= 4 is 5.91 Å². The van der Waals surface area contributed by atoms with Gasteiger partial charge in [-0.25, -0.2) is 4.39 Å². The van der Waals surface area contributed by atoms with Crippen LogP contribution in [0.5, 0.6) is 17.2 Å². The maximum atomic E-state index is 13.8. The maximum Gasteiger partial charge on any atom is 0.586 e. The first-order valence-electron chi connectivity index (χ1n) is 10.2. The fraction of sp³-hybridized carbons (Fsp3) is 0.409. The first-order chi connectivity index (χ1) is 14.8. The van der Waals surface area contributed by atoms with Crippen LogP contribution >= 0.6 is 0 Å². The van der Waals surface area contributed by atoms with Crippen LogP contribution in [-0.4, -0.2) is 30.9 Å². The molecule has 2 fully saturated rings. The molecule has 162 valence electrons. The lowest BCUT2D eigenvalue weighted by atomic mass is 9.82. The summed E-state index contributed by atoms with van der Waals surface area (Å²) in [7, 11) is 0. The molecule has 6 nitrogen and oxygen atoms in total. The molecule has 1 saturated heterocycles. The van der Waals surface area contributed by atoms with Crippen LogP contribution in [0.4, 0.5) is 13.2 Å². The van der Waals surface area contributed by atoms with Crippen LogP contribution in [0.3, 0.4) is 0 Å². The number of fused-ring (bicyclic) bond motifs is 2. The van der Waals surface area contributed by atoms with Crippen molar-refractivity contribution in [1.82, 2.24) is 10.6 Å². The molecule has 1 spiro atoms. The summed E-state index contributed by atoms with van der Waals surface area (Å²) in [6, 6.07) is 8.47. The predicted molar refractivity (Wildman–Crippen MR) is 102 cm³/mol. The monoisotopic (exact) mass is 432 g/mol. The highest BCUT2D eigenvalue weighted by molar-refractivity contribution is 5.92. The molecule has 9 heteroatoms. The van der Waals surface area contributed by atoms with Crippen LogP contribution in [0.1, 0.15) is 36.4 Å². The zero-order valence-electron chi connectivity index (χ0n) is 16.3. The molecule has 0 aromatic heterocycles. The van der Waals surface area contributed by atoms with Crippen LogP contribution in [-0.2, 0) is 10.2 Å². The maximum absolute atomic E-state index is 13.8. The van der Waals surface area contributed by atoms with Crippen molar-refractivity contribution in [1.29, 1.82) is 0 Å². The Morgan fingerprint density at radius 3 is 2.48 bits per heavy atom. The van der Waals surface area contributed by atoms with Crippen molar-refractivity contribution in [2.75, 3.05) is 13.1 Å². The Labute approximate surface area is 175 Å². The number of alkyl halides is 2. The first-order valence-corrected chi connectivity index (χ1v) is 10.2. The van der Waals surface area contributed by atoms with E-state index in [2.05, 4.69) is 20.1 Å². The van der Waals surface area contributed by atoms with Gasteiger partial charge in [-0.3, -0.25) is 4.79 Å². The Hall–Kier alpha value is -2.94. The van der Waals surface area contributed by atoms with Crippen molar-refractivity contribution in [2.24, 2.45) is 0 Å². The van der Waals surface area contributed by atoms with Crippen molar-refractivity contribution in [2.45, 2.75) is 42.6 Å². The predicted octanol–water partition coefficient (Wildman–Crippen LogP) is 3.16. The molecule has 1 unspecified atom stereocenters. The number of rotatable bonds is 3. The van der Waals surface area contributed by atoms with E-state index in [1.54, 1.807) is 12.1 Å². The van der Waals surface area contributed by atoms with Gasteiger partial charge in [-0.2, -0.15) is 0 Å². The van der Waals surface area contributed by atoms with E-state index in [1.165, 1.54) is 24.3 Å². The molecule has 6 rings (SSSR count). The lowest BCUT2D eigenvalue weighted by molar-refractivity contribution is -0.286. The van der Waals surface area contributed by atoms with E-state index in [4.69, 9.17) is 4.74 Å². The summed E-state index contributed by atoms with van der Waals surface area (Å²) in [5, 5.41) is 6.29. The molecule has 0 radical (unpaired) electrons. The number of ether oxygens (including phenoxy) is 3. The summed E-state index contributed by atoms with van der Waals surface area (Å²) in [5.41, 5.74) is 0.0596. The number of carbonyl (C=O) groups excluding carboxylic acids is 1. The van der Waals surface area contributed by atoms with Crippen molar-refractivity contribution in [3.8, 4) is 17.2 Å². The first kappa shape index (κ1) is 18.8. The van der Waals surface area contributed by atoms with Crippen LogP contribution in [0.2, 0.25) is 0 Å². The molecule has 31 heavy (non-hydrogen) atoms. The van der Waals surface area contributed by atoms with Gasteiger partial charge in [0.1, 0.15) is 17.2 Å². The zero-order chi connectivity index (χ0) is 21.4. The quantitative estimate of drug-likeness (QED) is 0.780. The summed E-state index contributed by atoms with van der Waals surface area (Å²) < 4.78 is 55.6. The van der Waals surface area contributed by atoms with Gasteiger partial charge in [-0.15, -0.1) is 8.78 Å². The van der Waals surface area contributed by atoms with Gasteiger partial charge in [0.15, 0.2) is 11.5 Å². The number of benzene rings is 2. The van der Waals surface area contributed by atoms with Crippen molar-refractivity contribution < 1.29 is 32.2 Å². The lowest BCUT2D eigenvalue weighted by Gasteiger charge is -2.48. The normalized spacial score (nSPS) is 25.2. The van der Waals surface area contributed by atoms with Crippen molar-refractivity contribution in [3.05, 3.63) is 53.3 Å². The van der Waals surface area contributed by atoms with Gasteiger partial charge in [0.05, 0.1) is 11.5 Å². The molecule has 4 aliphatic rings. The van der Waals surface area contributed by atoms with Crippen LogP contribution in [0.25, 0.3) is 0 Å². The molecule has 3 aliphatic heterocycles. The Kier molecular flexibility index (Phi) is 3.68. The van der Waals surface area contributed by atoms with Crippen LogP contribution in [0.15, 0.2) is 36.4 Å². The van der Waals surface area contributed by atoms with E-state index >= 15 is 0 Å². The van der Waals surface area contributed by atoms with Gasteiger partial charge in [0.2, 0.25) is 5.91 Å². The summed E-state index contributed by atoms with van der Waals surface area (Å²) in [4.78, 5) is 13.4. The summed E-state index contributed by atoms with van der Waals surface area (Å²) in [6.07, 6.45) is -1.94. The summed E-state index contributed by atoms with van der Waals surface area (Å²) >= 11 is 0. The molecule has 2 N–H and O–H groups in total. The second-order valence-corrected chi connectivity index (χ2v) is 8.71. The average Bonchev–Trinajstić information content (AvgIpc) is 3.43. The molecular weight excluding hydrogens is 413 g/mol. The minimum atomic E-state index is -3.70. The molecular formula is C22H19F3N2O4. The zero-order valence-corrected chi connectivity index (χ0v) is 16.3. The van der Waals surface area contributed by atoms with Gasteiger partial charge in [-0.1, -0.05) is 12.1 Å². The number of hydrogen-bond acceptors (Lipinski definition) is 5. The number of carbonyl (C=O) groups is 1. The van der Waals surface area contributed by atoms with Gasteiger partial charge >= 0.3 is 6.29 Å². The highest BCUT2D eigenvalue weighted by atomic mass is 19.3. The van der Waals surface area contributed by atoms with Gasteiger partial charge < -0.3 is 24.8 Å². The standard InChI is InChI=1S/C22H19F3N2O4/c23-13-2-3-14-15(9-20(10-26-11-20)29-17(14)8-13)27-19(28)21(5-6-21)12-1-4-16-18(7-12)31-22(24,25)30-16/h1-4,7-8,15,26H,5-6,9-11H2,(H,27,28). The van der Waals surface area contributed by atoms with Gasteiger partial charge in [0.25, 0.3) is 0 Å². The van der Waals surface area contributed by atoms with E-state index in [0.717, 1.165) is 5.56 Å². The highest BCUT2D eigenvalue weighted by Gasteiger charge is 2.54. The van der Waals surface area contributed by atoms with E-state index in [1.807, 2.05) is 0 Å². The Bertz CT molecular complexity index is 1100. The molecule has 1 amide bonds. The van der Waals surface area contributed by atoms with Crippen LogP contribution in [0, 0.1) is 5.82 Å². The fourth-order valence-electron chi connectivity index (χ4n) is 4.71. The average molecular weight is 432 g/mol. The Balaban J connectivity index is 1.28. The third-order valence-corrected chi connectivity index (χ3v) is 6.59. The number of nitrogens with one attached hydrogen (secondary N) is 2. The molecule has 1 saturated carbocycles. The number of halogens is 3. The molecule has 3 heterocycles. The highest BCUT2D eigenvalue weighted by Crippen LogP contribution is 2.52. The molecule has 1 aliphatic carbocycles. The van der Waals surface area contributed by atoms with E-state index in [0.29, 0.717) is 43.7 Å². The van der Waals surface area contributed by atoms with E-state index in [9.17, 15) is 18.0 Å². The Morgan fingerprint density at radius 2 is 1.77 bits per heavy atom. The smallest absolute Gasteiger partial charge is 0.484 e. The topological polar surface area (TPSA) is 68.8 Å². The minimum Gasteiger partial charge on any atom is -0.484 e. The summed E-state index contributed by atoms with van der Waals surface area (Å²) in [5.74, 6) is -0.280. The van der Waals surface area contributed by atoms with Gasteiger partial charge in [0, 0.05) is 31.1 Å². The summed E-state index contributed by atoms with van der Waals surface area (Å²) in [6.45, 7) is 1.24. The minimum absolute atomic E-state index is 0.0511. The molecule has 0 bridgehead atoms. The lowest BCUT2D eigenvalue weighted by Crippen LogP contribution is -2.65. The van der Waals surface area contributed by atoms with Crippen LogP contribution < -0.4 is 24.8 Å². The van der Waals surface area contributed by atoms with E-state index in [-0.39, 0.29) is 23.4 Å². The Morgan fingerprint density at radius 1 is 1.00 bits per heavy atom. The van der Waals surface area contributed by atoms with Gasteiger partial charge in [-0.05, 0) is 36.6 Å². The molecule has 1 atom stereocenters. The second-order valence-electron chi connectivity index (χ2n) is 8.71. The second kappa shape index (κ2) is 6.06. The van der Waals surface area contributed by atoms with E-state index < -0.39 is 23.1 Å². The fourth-order valence-corrected chi connectivity index (χ4v) is 4.71. The number of hydrogen-bond donors (Lipinski definition) is 2. The third kappa shape index (κ3) is 2.94. The SMILES string of the molecule is O=C(NC1CC2(CNC2)Oc2cc(F)ccc21)C1(c2ccc3c(c2)OC(F)(F)O3)CC1. The molecule has 2 aromatic rings. The third-order valence-electron chi connectivity index (χ3n) is 6.59. The largest absolute Gasteiger partial charge is 0.586 e.